The quantitative estimate of drug-likeness (QED) is 0.607. The van der Waals surface area contributed by atoms with E-state index in [2.05, 4.69) is 79.8 Å². The van der Waals surface area contributed by atoms with Gasteiger partial charge in [-0.25, -0.2) is 4.98 Å². The van der Waals surface area contributed by atoms with Gasteiger partial charge in [-0.1, -0.05) is 61.9 Å². The van der Waals surface area contributed by atoms with E-state index >= 15 is 0 Å². The van der Waals surface area contributed by atoms with Gasteiger partial charge >= 0.3 is 0 Å². The van der Waals surface area contributed by atoms with E-state index in [0.717, 1.165) is 17.8 Å². The van der Waals surface area contributed by atoms with Crippen LogP contribution >= 0.6 is 0 Å². The van der Waals surface area contributed by atoms with Crippen molar-refractivity contribution in [3.05, 3.63) is 71.5 Å². The SMILES string of the molecule is CCC(C)c1cc(C)cc(C)c1-n1ccnc1-c1ccccc1. The molecule has 2 aromatic carbocycles. The first-order valence-electron chi connectivity index (χ1n) is 8.32. The average molecular weight is 304 g/mol. The summed E-state index contributed by atoms with van der Waals surface area (Å²) in [5.41, 5.74) is 6.45. The fourth-order valence-electron chi connectivity index (χ4n) is 3.20. The Morgan fingerprint density at radius 2 is 1.83 bits per heavy atom. The molecule has 0 aliphatic rings. The first kappa shape index (κ1) is 15.5. The first-order valence-corrected chi connectivity index (χ1v) is 8.32. The summed E-state index contributed by atoms with van der Waals surface area (Å²) in [6.07, 6.45) is 5.10. The summed E-state index contributed by atoms with van der Waals surface area (Å²) in [6, 6.07) is 15.0. The van der Waals surface area contributed by atoms with E-state index in [1.807, 2.05) is 12.3 Å². The fourth-order valence-corrected chi connectivity index (χ4v) is 3.20. The summed E-state index contributed by atoms with van der Waals surface area (Å²) in [5, 5.41) is 0. The monoisotopic (exact) mass is 304 g/mol. The van der Waals surface area contributed by atoms with Gasteiger partial charge in [0.05, 0.1) is 5.69 Å². The molecule has 0 spiro atoms. The van der Waals surface area contributed by atoms with Crippen molar-refractivity contribution >= 4 is 0 Å². The third-order valence-corrected chi connectivity index (χ3v) is 4.53. The van der Waals surface area contributed by atoms with Crippen LogP contribution in [0.2, 0.25) is 0 Å². The molecule has 0 amide bonds. The second kappa shape index (κ2) is 6.41. The van der Waals surface area contributed by atoms with Crippen LogP contribution in [0.15, 0.2) is 54.9 Å². The molecule has 0 aliphatic carbocycles. The number of hydrogen-bond donors (Lipinski definition) is 0. The van der Waals surface area contributed by atoms with E-state index in [9.17, 15) is 0 Å². The molecule has 0 fully saturated rings. The van der Waals surface area contributed by atoms with Gasteiger partial charge in [-0.15, -0.1) is 0 Å². The molecular formula is C21H24N2. The van der Waals surface area contributed by atoms with E-state index in [1.165, 1.54) is 22.4 Å². The molecule has 2 heteroatoms. The van der Waals surface area contributed by atoms with Crippen molar-refractivity contribution in [3.8, 4) is 17.1 Å². The molecule has 0 N–H and O–H groups in total. The molecule has 23 heavy (non-hydrogen) atoms. The molecule has 0 saturated heterocycles. The molecule has 2 nitrogen and oxygen atoms in total. The lowest BCUT2D eigenvalue weighted by atomic mass is 9.92. The van der Waals surface area contributed by atoms with Crippen LogP contribution < -0.4 is 0 Å². The fraction of sp³-hybridized carbons (Fsp3) is 0.286. The Kier molecular flexibility index (Phi) is 4.33. The predicted molar refractivity (Wildman–Crippen MR) is 97.2 cm³/mol. The van der Waals surface area contributed by atoms with Gasteiger partial charge in [0.15, 0.2) is 0 Å². The van der Waals surface area contributed by atoms with E-state index in [1.54, 1.807) is 0 Å². The minimum atomic E-state index is 0.523. The zero-order chi connectivity index (χ0) is 16.4. The molecular weight excluding hydrogens is 280 g/mol. The largest absolute Gasteiger partial charge is 0.299 e. The number of aromatic nitrogens is 2. The summed E-state index contributed by atoms with van der Waals surface area (Å²) < 4.78 is 2.24. The molecule has 0 aliphatic heterocycles. The Morgan fingerprint density at radius 1 is 1.09 bits per heavy atom. The Hall–Kier alpha value is -2.35. The maximum atomic E-state index is 4.62. The topological polar surface area (TPSA) is 17.8 Å². The molecule has 1 heterocycles. The Bertz CT molecular complexity index is 800. The van der Waals surface area contributed by atoms with Crippen molar-refractivity contribution in [1.29, 1.82) is 0 Å². The predicted octanol–water partition coefficient (Wildman–Crippen LogP) is 5.67. The van der Waals surface area contributed by atoms with Gasteiger partial charge in [0, 0.05) is 18.0 Å². The summed E-state index contributed by atoms with van der Waals surface area (Å²) in [5.74, 6) is 1.52. The van der Waals surface area contributed by atoms with Gasteiger partial charge in [-0.3, -0.25) is 4.57 Å². The zero-order valence-electron chi connectivity index (χ0n) is 14.4. The van der Waals surface area contributed by atoms with E-state index in [0.29, 0.717) is 5.92 Å². The normalized spacial score (nSPS) is 12.3. The molecule has 0 radical (unpaired) electrons. The van der Waals surface area contributed by atoms with Crippen LogP contribution in [-0.2, 0) is 0 Å². The summed E-state index contributed by atoms with van der Waals surface area (Å²) in [7, 11) is 0. The highest BCUT2D eigenvalue weighted by molar-refractivity contribution is 5.62. The van der Waals surface area contributed by atoms with Crippen molar-refractivity contribution in [2.24, 2.45) is 0 Å². The second-order valence-electron chi connectivity index (χ2n) is 6.32. The summed E-state index contributed by atoms with van der Waals surface area (Å²) in [4.78, 5) is 4.62. The Balaban J connectivity index is 2.23. The van der Waals surface area contributed by atoms with Crippen LogP contribution in [0.3, 0.4) is 0 Å². The number of rotatable bonds is 4. The van der Waals surface area contributed by atoms with Crippen molar-refractivity contribution in [2.45, 2.75) is 40.0 Å². The smallest absolute Gasteiger partial charge is 0.144 e. The summed E-state index contributed by atoms with van der Waals surface area (Å²) in [6.45, 7) is 8.92. The molecule has 1 aromatic heterocycles. The van der Waals surface area contributed by atoms with Gasteiger partial charge in [-0.05, 0) is 37.3 Å². The van der Waals surface area contributed by atoms with Crippen LogP contribution in [0, 0.1) is 13.8 Å². The van der Waals surface area contributed by atoms with Gasteiger partial charge in [-0.2, -0.15) is 0 Å². The van der Waals surface area contributed by atoms with Crippen molar-refractivity contribution in [1.82, 2.24) is 9.55 Å². The van der Waals surface area contributed by atoms with Crippen LogP contribution in [0.4, 0.5) is 0 Å². The summed E-state index contributed by atoms with van der Waals surface area (Å²) >= 11 is 0. The van der Waals surface area contributed by atoms with Gasteiger partial charge in [0.25, 0.3) is 0 Å². The third kappa shape index (κ3) is 2.94. The number of nitrogens with zero attached hydrogens (tertiary/aromatic N) is 2. The number of benzene rings is 2. The number of aryl methyl sites for hydroxylation is 2. The van der Waals surface area contributed by atoms with Gasteiger partial charge in [0.2, 0.25) is 0 Å². The third-order valence-electron chi connectivity index (χ3n) is 4.53. The number of hydrogen-bond acceptors (Lipinski definition) is 1. The molecule has 3 aromatic rings. The molecule has 3 rings (SSSR count). The first-order chi connectivity index (χ1) is 11.1. The second-order valence-corrected chi connectivity index (χ2v) is 6.32. The van der Waals surface area contributed by atoms with Crippen molar-refractivity contribution in [3.63, 3.8) is 0 Å². The average Bonchev–Trinajstić information content (AvgIpc) is 3.03. The van der Waals surface area contributed by atoms with Crippen LogP contribution in [0.1, 0.15) is 42.9 Å². The highest BCUT2D eigenvalue weighted by Crippen LogP contribution is 2.32. The van der Waals surface area contributed by atoms with Gasteiger partial charge < -0.3 is 0 Å². The van der Waals surface area contributed by atoms with Crippen LogP contribution in [0.25, 0.3) is 17.1 Å². The lowest BCUT2D eigenvalue weighted by molar-refractivity contribution is 0.724. The van der Waals surface area contributed by atoms with Crippen molar-refractivity contribution < 1.29 is 0 Å². The number of imidazole rings is 1. The molecule has 1 atom stereocenters. The van der Waals surface area contributed by atoms with E-state index in [-0.39, 0.29) is 0 Å². The van der Waals surface area contributed by atoms with Gasteiger partial charge in [0.1, 0.15) is 5.82 Å². The van der Waals surface area contributed by atoms with E-state index < -0.39 is 0 Å². The lowest BCUT2D eigenvalue weighted by Gasteiger charge is -2.21. The highest BCUT2D eigenvalue weighted by Gasteiger charge is 2.17. The molecule has 118 valence electrons. The Labute approximate surface area is 138 Å². The zero-order valence-corrected chi connectivity index (χ0v) is 14.4. The molecule has 0 bridgehead atoms. The highest BCUT2D eigenvalue weighted by atomic mass is 15.1. The van der Waals surface area contributed by atoms with Crippen molar-refractivity contribution in [2.75, 3.05) is 0 Å². The lowest BCUT2D eigenvalue weighted by Crippen LogP contribution is -2.06. The molecule has 1 unspecified atom stereocenters. The van der Waals surface area contributed by atoms with E-state index in [4.69, 9.17) is 0 Å². The molecule has 0 saturated carbocycles. The maximum Gasteiger partial charge on any atom is 0.144 e. The standard InChI is InChI=1S/C21H24N2/c1-5-16(3)19-14-15(2)13-17(4)20(19)23-12-11-22-21(23)18-9-7-6-8-10-18/h6-14,16H,5H2,1-4H3. The van der Waals surface area contributed by atoms with Crippen LogP contribution in [0.5, 0.6) is 0 Å². The maximum absolute atomic E-state index is 4.62. The minimum absolute atomic E-state index is 0.523. The Morgan fingerprint density at radius 3 is 2.52 bits per heavy atom. The van der Waals surface area contributed by atoms with Crippen LogP contribution in [-0.4, -0.2) is 9.55 Å². The minimum Gasteiger partial charge on any atom is -0.299 e.